The van der Waals surface area contributed by atoms with Crippen molar-refractivity contribution in [2.75, 3.05) is 4.90 Å². The van der Waals surface area contributed by atoms with E-state index in [2.05, 4.69) is 166 Å². The summed E-state index contributed by atoms with van der Waals surface area (Å²) in [6, 6.07) is 26.9. The van der Waals surface area contributed by atoms with Crippen LogP contribution in [0.15, 0.2) is 84.0 Å². The van der Waals surface area contributed by atoms with Crippen LogP contribution >= 0.6 is 0 Å². The summed E-state index contributed by atoms with van der Waals surface area (Å²) in [4.78, 5) is 15.7. The summed E-state index contributed by atoms with van der Waals surface area (Å²) < 4.78 is 6.88. The fourth-order valence-electron chi connectivity index (χ4n) is 9.25. The average Bonchev–Trinajstić information content (AvgIpc) is 3.30. The van der Waals surface area contributed by atoms with Gasteiger partial charge < -0.3 is 9.64 Å². The van der Waals surface area contributed by atoms with Gasteiger partial charge in [0.05, 0.1) is 22.5 Å². The fraction of sp³-hybridized carbons (Fsp3) is 0.489. The van der Waals surface area contributed by atoms with Crippen molar-refractivity contribution in [3.8, 4) is 11.5 Å². The minimum absolute atomic E-state index is 0.00135. The van der Waals surface area contributed by atoms with Crippen LogP contribution in [0.4, 0.5) is 17.2 Å². The number of pyridine rings is 1. The van der Waals surface area contributed by atoms with Crippen molar-refractivity contribution in [3.63, 3.8) is 0 Å². The lowest BCUT2D eigenvalue weighted by Gasteiger charge is -2.52. The molecule has 0 bridgehead atoms. The zero-order valence-corrected chi connectivity index (χ0v) is 33.8. The summed E-state index contributed by atoms with van der Waals surface area (Å²) in [5, 5.41) is 0. The third-order valence-corrected chi connectivity index (χ3v) is 12.8. The van der Waals surface area contributed by atoms with Crippen LogP contribution in [-0.2, 0) is 10.8 Å². The second-order valence-corrected chi connectivity index (χ2v) is 18.9. The normalized spacial score (nSPS) is 21.4. The van der Waals surface area contributed by atoms with E-state index < -0.39 is 0 Å². The molecule has 52 heavy (non-hydrogen) atoms. The molecular weight excluding hydrogens is 637 g/mol. The Labute approximate surface area is 313 Å². The molecule has 3 aliphatic rings. The maximum absolute atomic E-state index is 6.88. The largest absolute Gasteiger partial charge is 0.457 e. The molecule has 5 nitrogen and oxygen atoms in total. The lowest BCUT2D eigenvalue weighted by molar-refractivity contribution is 0.0331. The van der Waals surface area contributed by atoms with Gasteiger partial charge in [-0.15, -0.1) is 0 Å². The Kier molecular flexibility index (Phi) is 8.71. The third kappa shape index (κ3) is 5.93. The molecule has 7 rings (SSSR count). The quantitative estimate of drug-likeness (QED) is 0.208. The summed E-state index contributed by atoms with van der Waals surface area (Å²) in [6.07, 6.45) is 8.28. The molecule has 1 aliphatic carbocycles. The van der Waals surface area contributed by atoms with E-state index in [1.54, 1.807) is 0 Å². The van der Waals surface area contributed by atoms with Gasteiger partial charge in [0.1, 0.15) is 23.2 Å². The summed E-state index contributed by atoms with van der Waals surface area (Å²) in [5.74, 6) is 3.67. The van der Waals surface area contributed by atoms with E-state index in [-0.39, 0.29) is 27.3 Å². The highest BCUT2D eigenvalue weighted by Gasteiger charge is 2.59. The number of anilines is 3. The Morgan fingerprint density at radius 3 is 2.12 bits per heavy atom. The Morgan fingerprint density at radius 1 is 0.731 bits per heavy atom. The SMILES string of the molecule is Cc1cc(Oc2ccc3c(c2)N(c2cc(C(C)(C)C)ccn2)c2ccccc2C3(C)C)cc(C2=N[C@](C)(C(C)(C)C)C(C)(C)N2C2CCCCC2)c1. The zero-order chi connectivity index (χ0) is 37.4. The molecule has 1 atom stereocenters. The number of fused-ring (bicyclic) bond motifs is 2. The highest BCUT2D eigenvalue weighted by molar-refractivity contribution is 6.02. The zero-order valence-electron chi connectivity index (χ0n) is 33.8. The molecule has 0 unspecified atom stereocenters. The number of hydrogen-bond acceptors (Lipinski definition) is 5. The van der Waals surface area contributed by atoms with Crippen molar-refractivity contribution in [2.45, 2.75) is 143 Å². The van der Waals surface area contributed by atoms with Gasteiger partial charge >= 0.3 is 0 Å². The second kappa shape index (κ2) is 12.5. The summed E-state index contributed by atoms with van der Waals surface area (Å²) in [5.41, 5.74) is 7.72. The molecule has 0 N–H and O–H groups in total. The van der Waals surface area contributed by atoms with Crippen molar-refractivity contribution < 1.29 is 4.74 Å². The van der Waals surface area contributed by atoms with Crippen LogP contribution in [0.5, 0.6) is 11.5 Å². The number of amidine groups is 1. The standard InChI is InChI=1S/C47H60N4O/c1-31-26-32(42-49-47(12,44(5,6)7)46(10,11)51(42)34-18-14-13-15-19-34)28-36(27-31)52-35-22-23-38-40(30-35)50(39-21-17-16-20-37(39)45(38,8)9)41-29-33(24-25-48-41)43(2,3)4/h16-17,20-30,34H,13-15,18-19H2,1-12H3/t47-/m1/s1. The van der Waals surface area contributed by atoms with Gasteiger partial charge in [0.2, 0.25) is 0 Å². The van der Waals surface area contributed by atoms with E-state index in [0.717, 1.165) is 40.1 Å². The van der Waals surface area contributed by atoms with Crippen LogP contribution in [0, 0.1) is 12.3 Å². The average molecular weight is 697 g/mol. The Hall–Kier alpha value is -4.12. The van der Waals surface area contributed by atoms with Crippen LogP contribution in [0.25, 0.3) is 0 Å². The Balaban J connectivity index is 1.32. The van der Waals surface area contributed by atoms with Crippen molar-refractivity contribution in [1.29, 1.82) is 0 Å². The van der Waals surface area contributed by atoms with Crippen molar-refractivity contribution in [2.24, 2.45) is 10.4 Å². The van der Waals surface area contributed by atoms with Crippen molar-refractivity contribution >= 4 is 23.0 Å². The van der Waals surface area contributed by atoms with Gasteiger partial charge in [-0.05, 0) is 116 Å². The molecule has 1 saturated carbocycles. The van der Waals surface area contributed by atoms with Gasteiger partial charge in [0.25, 0.3) is 0 Å². The van der Waals surface area contributed by atoms with Gasteiger partial charge in [0, 0.05) is 29.3 Å². The molecule has 0 saturated heterocycles. The van der Waals surface area contributed by atoms with E-state index in [4.69, 9.17) is 14.7 Å². The van der Waals surface area contributed by atoms with Crippen LogP contribution < -0.4 is 9.64 Å². The highest BCUT2D eigenvalue weighted by Crippen LogP contribution is 2.54. The molecule has 1 aromatic heterocycles. The van der Waals surface area contributed by atoms with Crippen LogP contribution in [-0.4, -0.2) is 32.8 Å². The number of hydrogen-bond donors (Lipinski definition) is 0. The predicted octanol–water partition coefficient (Wildman–Crippen LogP) is 12.6. The van der Waals surface area contributed by atoms with Crippen molar-refractivity contribution in [1.82, 2.24) is 9.88 Å². The topological polar surface area (TPSA) is 41.0 Å². The molecule has 2 aliphatic heterocycles. The number of benzene rings is 3. The number of para-hydroxylation sites is 1. The first kappa shape index (κ1) is 36.2. The summed E-state index contributed by atoms with van der Waals surface area (Å²) in [7, 11) is 0. The van der Waals surface area contributed by atoms with Crippen molar-refractivity contribution in [3.05, 3.63) is 107 Å². The molecule has 1 fully saturated rings. The van der Waals surface area contributed by atoms with E-state index in [0.29, 0.717) is 6.04 Å². The maximum Gasteiger partial charge on any atom is 0.137 e. The summed E-state index contributed by atoms with van der Waals surface area (Å²) in [6.45, 7) is 27.8. The first-order valence-corrected chi connectivity index (χ1v) is 19.5. The first-order valence-electron chi connectivity index (χ1n) is 19.5. The maximum atomic E-state index is 6.88. The van der Waals surface area contributed by atoms with Gasteiger partial charge in [-0.1, -0.05) is 98.9 Å². The van der Waals surface area contributed by atoms with E-state index in [9.17, 15) is 0 Å². The van der Waals surface area contributed by atoms with E-state index >= 15 is 0 Å². The third-order valence-electron chi connectivity index (χ3n) is 12.8. The molecule has 3 aromatic carbocycles. The number of rotatable bonds is 5. The van der Waals surface area contributed by atoms with Gasteiger partial charge in [0.15, 0.2) is 0 Å². The smallest absolute Gasteiger partial charge is 0.137 e. The first-order chi connectivity index (χ1) is 24.3. The highest BCUT2D eigenvalue weighted by atomic mass is 16.5. The van der Waals surface area contributed by atoms with Crippen LogP contribution in [0.2, 0.25) is 0 Å². The predicted molar refractivity (Wildman–Crippen MR) is 218 cm³/mol. The van der Waals surface area contributed by atoms with E-state index in [1.807, 2.05) is 6.20 Å². The lowest BCUT2D eigenvalue weighted by Crippen LogP contribution is -2.62. The minimum atomic E-state index is -0.263. The number of aromatic nitrogens is 1. The van der Waals surface area contributed by atoms with Gasteiger partial charge in [-0.2, -0.15) is 0 Å². The molecule has 0 radical (unpaired) electrons. The number of nitrogens with zero attached hydrogens (tertiary/aromatic N) is 4. The minimum Gasteiger partial charge on any atom is -0.457 e. The molecule has 4 aromatic rings. The van der Waals surface area contributed by atoms with Crippen LogP contribution in [0.1, 0.15) is 136 Å². The number of aryl methyl sites for hydroxylation is 1. The molecule has 0 spiro atoms. The fourth-order valence-corrected chi connectivity index (χ4v) is 9.25. The van der Waals surface area contributed by atoms with Gasteiger partial charge in [-0.3, -0.25) is 9.89 Å². The molecule has 0 amide bonds. The van der Waals surface area contributed by atoms with Crippen LogP contribution in [0.3, 0.4) is 0 Å². The Bertz CT molecular complexity index is 2020. The van der Waals surface area contributed by atoms with E-state index in [1.165, 1.54) is 54.4 Å². The number of ether oxygens (including phenoxy) is 1. The summed E-state index contributed by atoms with van der Waals surface area (Å²) >= 11 is 0. The van der Waals surface area contributed by atoms with Gasteiger partial charge in [-0.25, -0.2) is 4.98 Å². The lowest BCUT2D eigenvalue weighted by atomic mass is 9.64. The monoisotopic (exact) mass is 696 g/mol. The number of aliphatic imine (C=N–C) groups is 1. The second-order valence-electron chi connectivity index (χ2n) is 18.9. The molecule has 3 heterocycles. The molecule has 274 valence electrons. The Morgan fingerprint density at radius 2 is 1.42 bits per heavy atom. The molecule has 5 heteroatoms. The molecular formula is C47H60N4O.